The molecule has 0 spiro atoms. The van der Waals surface area contributed by atoms with Crippen LogP contribution < -0.4 is 15.4 Å². The molecule has 0 saturated carbocycles. The van der Waals surface area contributed by atoms with E-state index in [-0.39, 0.29) is 17.8 Å². The van der Waals surface area contributed by atoms with Gasteiger partial charge in [0.2, 0.25) is 11.0 Å². The number of methoxy groups -OCH3 is 1. The Morgan fingerprint density at radius 2 is 2.33 bits per heavy atom. The third-order valence-corrected chi connectivity index (χ3v) is 6.41. The molecule has 7 nitrogen and oxygen atoms in total. The second-order valence-corrected chi connectivity index (χ2v) is 8.63. The molecule has 1 amide bonds. The summed E-state index contributed by atoms with van der Waals surface area (Å²) < 4.78 is 11.6. The van der Waals surface area contributed by atoms with Gasteiger partial charge in [0.05, 0.1) is 24.7 Å². The summed E-state index contributed by atoms with van der Waals surface area (Å²) in [7, 11) is 1.54. The molecular weight excluding hydrogens is 408 g/mol. The van der Waals surface area contributed by atoms with Crippen molar-refractivity contribution in [1.29, 1.82) is 0 Å². The third-order valence-electron chi connectivity index (χ3n) is 3.99. The van der Waals surface area contributed by atoms with Gasteiger partial charge in [-0.05, 0) is 31.4 Å². The van der Waals surface area contributed by atoms with Gasteiger partial charge in [-0.25, -0.2) is 0 Å². The van der Waals surface area contributed by atoms with Gasteiger partial charge in [0.1, 0.15) is 5.75 Å². The van der Waals surface area contributed by atoms with E-state index in [1.54, 1.807) is 12.1 Å². The monoisotopic (exact) mass is 428 g/mol. The predicted octanol–water partition coefficient (Wildman–Crippen LogP) is 3.83. The Morgan fingerprint density at radius 3 is 3.07 bits per heavy atom. The molecule has 1 fully saturated rings. The smallest absolute Gasteiger partial charge is 0.234 e. The van der Waals surface area contributed by atoms with Crippen LogP contribution in [0.25, 0.3) is 0 Å². The first-order valence-electron chi connectivity index (χ1n) is 8.51. The number of thioether (sulfide) groups is 1. The number of ether oxygens (including phenoxy) is 2. The Labute approximate surface area is 171 Å². The van der Waals surface area contributed by atoms with Crippen molar-refractivity contribution in [3.8, 4) is 5.75 Å². The predicted molar refractivity (Wildman–Crippen MR) is 109 cm³/mol. The summed E-state index contributed by atoms with van der Waals surface area (Å²) in [6.07, 6.45) is 2.42. The number of aromatic nitrogens is 2. The van der Waals surface area contributed by atoms with Crippen molar-refractivity contribution in [3.63, 3.8) is 0 Å². The Kier molecular flexibility index (Phi) is 7.17. The van der Waals surface area contributed by atoms with Gasteiger partial charge in [-0.15, -0.1) is 10.2 Å². The number of carbonyl (C=O) groups is 1. The van der Waals surface area contributed by atoms with E-state index in [4.69, 9.17) is 21.1 Å². The number of aryl methyl sites for hydroxylation is 1. The van der Waals surface area contributed by atoms with Crippen LogP contribution in [0, 0.1) is 6.92 Å². The second-order valence-electron chi connectivity index (χ2n) is 6.03. The van der Waals surface area contributed by atoms with Crippen molar-refractivity contribution < 1.29 is 14.3 Å². The Hall–Kier alpha value is -1.55. The number of anilines is 2. The molecule has 1 aliphatic rings. The average molecular weight is 429 g/mol. The maximum Gasteiger partial charge on any atom is 0.234 e. The van der Waals surface area contributed by atoms with Crippen LogP contribution in [0.3, 0.4) is 0 Å². The van der Waals surface area contributed by atoms with Crippen LogP contribution >= 0.6 is 34.7 Å². The van der Waals surface area contributed by atoms with Gasteiger partial charge in [-0.1, -0.05) is 34.7 Å². The normalized spacial score (nSPS) is 16.3. The van der Waals surface area contributed by atoms with Crippen LogP contribution in [0.5, 0.6) is 5.75 Å². The molecule has 2 heterocycles. The molecule has 1 aromatic heterocycles. The molecule has 0 aliphatic carbocycles. The van der Waals surface area contributed by atoms with Crippen molar-refractivity contribution in [2.75, 3.05) is 36.6 Å². The summed E-state index contributed by atoms with van der Waals surface area (Å²) in [6.45, 7) is 3.44. The molecule has 27 heavy (non-hydrogen) atoms. The van der Waals surface area contributed by atoms with Crippen LogP contribution in [-0.2, 0) is 9.53 Å². The zero-order chi connectivity index (χ0) is 19.2. The standard InChI is InChI=1S/C17H21ClN4O3S2/c1-10-6-13(14(24-2)7-12(10)18)20-15(23)9-26-17-22-21-16(27-17)19-8-11-4-3-5-25-11/h6-7,11H,3-5,8-9H2,1-2H3,(H,19,21)(H,20,23). The van der Waals surface area contributed by atoms with E-state index in [9.17, 15) is 4.79 Å². The maximum absolute atomic E-state index is 12.3. The Morgan fingerprint density at radius 1 is 1.48 bits per heavy atom. The van der Waals surface area contributed by atoms with Gasteiger partial charge < -0.3 is 20.1 Å². The molecule has 0 bridgehead atoms. The molecule has 1 aromatic carbocycles. The van der Waals surface area contributed by atoms with Crippen molar-refractivity contribution >= 4 is 51.4 Å². The van der Waals surface area contributed by atoms with E-state index in [2.05, 4.69) is 20.8 Å². The highest BCUT2D eigenvalue weighted by Gasteiger charge is 2.16. The van der Waals surface area contributed by atoms with Crippen molar-refractivity contribution in [2.24, 2.45) is 0 Å². The van der Waals surface area contributed by atoms with E-state index in [1.165, 1.54) is 30.2 Å². The summed E-state index contributed by atoms with van der Waals surface area (Å²) >= 11 is 8.86. The summed E-state index contributed by atoms with van der Waals surface area (Å²) in [5, 5.41) is 15.6. The van der Waals surface area contributed by atoms with Crippen LogP contribution in [0.1, 0.15) is 18.4 Å². The SMILES string of the molecule is COc1cc(Cl)c(C)cc1NC(=O)CSc1nnc(NCC2CCCO2)s1. The first-order chi connectivity index (χ1) is 13.0. The lowest BCUT2D eigenvalue weighted by Crippen LogP contribution is -2.18. The Bertz CT molecular complexity index is 796. The fourth-order valence-corrected chi connectivity index (χ4v) is 4.30. The average Bonchev–Trinajstić information content (AvgIpc) is 3.32. The van der Waals surface area contributed by atoms with Crippen LogP contribution in [0.4, 0.5) is 10.8 Å². The molecule has 2 aromatic rings. The highest BCUT2D eigenvalue weighted by Crippen LogP contribution is 2.31. The first-order valence-corrected chi connectivity index (χ1v) is 10.7. The third kappa shape index (κ3) is 5.71. The largest absolute Gasteiger partial charge is 0.495 e. The minimum absolute atomic E-state index is 0.149. The van der Waals surface area contributed by atoms with Crippen molar-refractivity contribution in [3.05, 3.63) is 22.7 Å². The Balaban J connectivity index is 1.48. The molecule has 10 heteroatoms. The summed E-state index contributed by atoms with van der Waals surface area (Å²) in [5.74, 6) is 0.607. The lowest BCUT2D eigenvalue weighted by Gasteiger charge is -2.11. The molecule has 1 saturated heterocycles. The number of amides is 1. The molecule has 1 unspecified atom stereocenters. The molecule has 2 N–H and O–H groups in total. The number of nitrogens with zero attached hydrogens (tertiary/aromatic N) is 2. The molecule has 1 aliphatic heterocycles. The zero-order valence-electron chi connectivity index (χ0n) is 15.1. The molecular formula is C17H21ClN4O3S2. The van der Waals surface area contributed by atoms with Gasteiger partial charge >= 0.3 is 0 Å². The molecule has 0 radical (unpaired) electrons. The second kappa shape index (κ2) is 9.59. The lowest BCUT2D eigenvalue weighted by molar-refractivity contribution is -0.113. The van der Waals surface area contributed by atoms with E-state index in [1.807, 2.05) is 6.92 Å². The topological polar surface area (TPSA) is 85.4 Å². The molecule has 146 valence electrons. The van der Waals surface area contributed by atoms with Crippen LogP contribution in [0.2, 0.25) is 5.02 Å². The van der Waals surface area contributed by atoms with Gasteiger partial charge in [0, 0.05) is 24.2 Å². The highest BCUT2D eigenvalue weighted by atomic mass is 35.5. The summed E-state index contributed by atoms with van der Waals surface area (Å²) in [6, 6.07) is 3.48. The minimum atomic E-state index is -0.149. The lowest BCUT2D eigenvalue weighted by atomic mass is 10.2. The van der Waals surface area contributed by atoms with Crippen molar-refractivity contribution in [2.45, 2.75) is 30.2 Å². The number of benzene rings is 1. The van der Waals surface area contributed by atoms with E-state index < -0.39 is 0 Å². The quantitative estimate of drug-likeness (QED) is 0.618. The number of hydrogen-bond acceptors (Lipinski definition) is 8. The van der Waals surface area contributed by atoms with E-state index in [0.717, 1.165) is 41.0 Å². The highest BCUT2D eigenvalue weighted by molar-refractivity contribution is 8.01. The van der Waals surface area contributed by atoms with Gasteiger partial charge in [0.15, 0.2) is 4.34 Å². The molecule has 1 atom stereocenters. The van der Waals surface area contributed by atoms with Crippen LogP contribution in [-0.4, -0.2) is 48.2 Å². The van der Waals surface area contributed by atoms with E-state index in [0.29, 0.717) is 16.5 Å². The minimum Gasteiger partial charge on any atom is -0.495 e. The number of rotatable bonds is 8. The van der Waals surface area contributed by atoms with Gasteiger partial charge in [-0.3, -0.25) is 4.79 Å². The maximum atomic E-state index is 12.3. The van der Waals surface area contributed by atoms with Crippen molar-refractivity contribution in [1.82, 2.24) is 10.2 Å². The van der Waals surface area contributed by atoms with Gasteiger partial charge in [0.25, 0.3) is 0 Å². The number of carbonyl (C=O) groups excluding carboxylic acids is 1. The zero-order valence-corrected chi connectivity index (χ0v) is 17.5. The summed E-state index contributed by atoms with van der Waals surface area (Å²) in [5.41, 5.74) is 1.47. The fraction of sp³-hybridized carbons (Fsp3) is 0.471. The first kappa shape index (κ1) is 20.2. The van der Waals surface area contributed by atoms with E-state index >= 15 is 0 Å². The number of hydrogen-bond donors (Lipinski definition) is 2. The number of halogens is 1. The number of nitrogens with one attached hydrogen (secondary N) is 2. The van der Waals surface area contributed by atoms with Gasteiger partial charge in [-0.2, -0.15) is 0 Å². The summed E-state index contributed by atoms with van der Waals surface area (Å²) in [4.78, 5) is 12.3. The fourth-order valence-electron chi connectivity index (χ4n) is 2.59. The molecule has 3 rings (SSSR count). The van der Waals surface area contributed by atoms with Crippen LogP contribution in [0.15, 0.2) is 16.5 Å².